The van der Waals surface area contributed by atoms with Crippen molar-refractivity contribution in [2.24, 2.45) is 7.05 Å². The lowest BCUT2D eigenvalue weighted by Crippen LogP contribution is -2.48. The molecule has 0 aliphatic carbocycles. The van der Waals surface area contributed by atoms with E-state index in [1.54, 1.807) is 13.2 Å². The third kappa shape index (κ3) is 3.53. The number of nitrogens with zero attached hydrogens (tertiary/aromatic N) is 3. The summed E-state index contributed by atoms with van der Waals surface area (Å²) in [4.78, 5) is 30.8. The van der Waals surface area contributed by atoms with Crippen LogP contribution in [0.4, 0.5) is 0 Å². The average Bonchev–Trinajstić information content (AvgIpc) is 3.17. The summed E-state index contributed by atoms with van der Waals surface area (Å²) in [5, 5.41) is 2.19. The lowest BCUT2D eigenvalue weighted by atomic mass is 9.99. The quantitative estimate of drug-likeness (QED) is 0.810. The smallest absolute Gasteiger partial charge is 0.259 e. The highest BCUT2D eigenvalue weighted by Crippen LogP contribution is 2.28. The van der Waals surface area contributed by atoms with Crippen LogP contribution in [-0.4, -0.2) is 53.1 Å². The summed E-state index contributed by atoms with van der Waals surface area (Å²) < 4.78 is 6.69. The zero-order chi connectivity index (χ0) is 19.0. The topological polar surface area (TPSA) is 54.8 Å². The van der Waals surface area contributed by atoms with E-state index in [4.69, 9.17) is 4.74 Å². The average molecular weight is 388 g/mol. The van der Waals surface area contributed by atoms with E-state index >= 15 is 0 Å². The van der Waals surface area contributed by atoms with Gasteiger partial charge in [-0.3, -0.25) is 14.5 Å². The maximum absolute atomic E-state index is 13.0. The minimum Gasteiger partial charge on any atom is -0.496 e. The minimum absolute atomic E-state index is 0.0559. The van der Waals surface area contributed by atoms with Gasteiger partial charge in [-0.15, -0.1) is 11.3 Å². The van der Waals surface area contributed by atoms with Crippen LogP contribution >= 0.6 is 11.3 Å². The van der Waals surface area contributed by atoms with Gasteiger partial charge in [0.25, 0.3) is 11.5 Å². The van der Waals surface area contributed by atoms with Gasteiger partial charge in [-0.05, 0) is 36.3 Å². The number of pyridine rings is 1. The zero-order valence-corrected chi connectivity index (χ0v) is 16.6. The number of rotatable bonds is 3. The SMILES string of the molecule is COc1cc(=O)n(C)cc1C(=O)N1CCC(N2CCc3sccc3C2)CC1. The molecule has 0 spiro atoms. The molecule has 6 nitrogen and oxygen atoms in total. The number of aromatic nitrogens is 1. The monoisotopic (exact) mass is 387 g/mol. The van der Waals surface area contributed by atoms with Crippen molar-refractivity contribution in [3.63, 3.8) is 0 Å². The van der Waals surface area contributed by atoms with Crippen LogP contribution in [0.5, 0.6) is 5.75 Å². The van der Waals surface area contributed by atoms with Gasteiger partial charge in [0, 0.05) is 56.4 Å². The van der Waals surface area contributed by atoms with E-state index < -0.39 is 0 Å². The fourth-order valence-electron chi connectivity index (χ4n) is 4.13. The van der Waals surface area contributed by atoms with E-state index in [0.717, 1.165) is 45.4 Å². The molecule has 7 heteroatoms. The molecule has 1 amide bonds. The van der Waals surface area contributed by atoms with Crippen LogP contribution in [0.15, 0.2) is 28.5 Å². The largest absolute Gasteiger partial charge is 0.496 e. The number of fused-ring (bicyclic) bond motifs is 1. The van der Waals surface area contributed by atoms with Gasteiger partial charge in [0.15, 0.2) is 0 Å². The lowest BCUT2D eigenvalue weighted by molar-refractivity contribution is 0.0596. The van der Waals surface area contributed by atoms with Crippen molar-refractivity contribution in [1.29, 1.82) is 0 Å². The normalized spacial score (nSPS) is 18.4. The van der Waals surface area contributed by atoms with E-state index in [1.165, 1.54) is 28.2 Å². The summed E-state index contributed by atoms with van der Waals surface area (Å²) in [6.45, 7) is 3.62. The third-order valence-electron chi connectivity index (χ3n) is 5.75. The number of carbonyl (C=O) groups is 1. The fraction of sp³-hybridized carbons (Fsp3) is 0.500. The first-order valence-corrected chi connectivity index (χ1v) is 10.3. The van der Waals surface area contributed by atoms with E-state index in [2.05, 4.69) is 16.3 Å². The number of piperidine rings is 1. The van der Waals surface area contributed by atoms with E-state index in [9.17, 15) is 9.59 Å². The molecule has 0 saturated carbocycles. The van der Waals surface area contributed by atoms with Gasteiger partial charge in [-0.25, -0.2) is 0 Å². The van der Waals surface area contributed by atoms with Crippen molar-refractivity contribution in [3.8, 4) is 5.75 Å². The molecule has 1 saturated heterocycles. The molecule has 1 fully saturated rings. The summed E-state index contributed by atoms with van der Waals surface area (Å²) in [5.41, 5.74) is 1.75. The Morgan fingerprint density at radius 3 is 2.78 bits per heavy atom. The molecule has 2 aromatic rings. The van der Waals surface area contributed by atoms with Gasteiger partial charge < -0.3 is 14.2 Å². The molecular weight excluding hydrogens is 362 g/mol. The summed E-state index contributed by atoms with van der Waals surface area (Å²) in [5.74, 6) is 0.297. The third-order valence-corrected chi connectivity index (χ3v) is 6.77. The predicted octanol–water partition coefficient (Wildman–Crippen LogP) is 2.12. The molecule has 0 atom stereocenters. The zero-order valence-electron chi connectivity index (χ0n) is 15.8. The van der Waals surface area contributed by atoms with Crippen LogP contribution in [-0.2, 0) is 20.0 Å². The fourth-order valence-corrected chi connectivity index (χ4v) is 5.02. The van der Waals surface area contributed by atoms with E-state index in [1.807, 2.05) is 16.2 Å². The number of amides is 1. The second kappa shape index (κ2) is 7.48. The highest BCUT2D eigenvalue weighted by Gasteiger charge is 2.30. The Hall–Kier alpha value is -2.12. The molecule has 2 aromatic heterocycles. The first-order chi connectivity index (χ1) is 13.1. The molecule has 27 heavy (non-hydrogen) atoms. The highest BCUT2D eigenvalue weighted by molar-refractivity contribution is 7.10. The molecular formula is C20H25N3O3S. The number of likely N-dealkylation sites (tertiary alicyclic amines) is 1. The van der Waals surface area contributed by atoms with Gasteiger partial charge >= 0.3 is 0 Å². The number of carbonyl (C=O) groups excluding carboxylic acids is 1. The Labute approximate surface area is 163 Å². The predicted molar refractivity (Wildman–Crippen MR) is 106 cm³/mol. The summed E-state index contributed by atoms with van der Waals surface area (Å²) >= 11 is 1.87. The van der Waals surface area contributed by atoms with Gasteiger partial charge in [0.1, 0.15) is 5.75 Å². The van der Waals surface area contributed by atoms with Crippen LogP contribution in [0.25, 0.3) is 0 Å². The molecule has 0 unspecified atom stereocenters. The van der Waals surface area contributed by atoms with Crippen LogP contribution in [0.2, 0.25) is 0 Å². The summed E-state index contributed by atoms with van der Waals surface area (Å²) in [7, 11) is 3.15. The van der Waals surface area contributed by atoms with Crippen LogP contribution in [0.1, 0.15) is 33.6 Å². The Morgan fingerprint density at radius 2 is 2.04 bits per heavy atom. The second-order valence-electron chi connectivity index (χ2n) is 7.32. The Morgan fingerprint density at radius 1 is 1.26 bits per heavy atom. The van der Waals surface area contributed by atoms with Gasteiger partial charge in [-0.2, -0.15) is 0 Å². The number of hydrogen-bond donors (Lipinski definition) is 0. The number of ether oxygens (including phenoxy) is 1. The van der Waals surface area contributed by atoms with Gasteiger partial charge in [0.05, 0.1) is 12.7 Å². The molecule has 4 heterocycles. The number of aryl methyl sites for hydroxylation is 1. The van der Waals surface area contributed by atoms with Crippen molar-refractivity contribution < 1.29 is 9.53 Å². The molecule has 0 radical (unpaired) electrons. The molecule has 144 valence electrons. The summed E-state index contributed by atoms with van der Waals surface area (Å²) in [6.07, 6.45) is 4.69. The van der Waals surface area contributed by atoms with Crippen molar-refractivity contribution in [2.45, 2.75) is 31.8 Å². The molecule has 0 N–H and O–H groups in total. The molecule has 2 aliphatic rings. The molecule has 4 rings (SSSR count). The standard InChI is InChI=1S/C20H25N3O3S/c1-21-13-16(17(26-2)11-19(21)24)20(25)22-7-3-15(4-8-22)23-9-5-18-14(12-23)6-10-27-18/h6,10-11,13,15H,3-5,7-9,12H2,1-2H3. The van der Waals surface area contributed by atoms with Crippen LogP contribution in [0.3, 0.4) is 0 Å². The summed E-state index contributed by atoms with van der Waals surface area (Å²) in [6, 6.07) is 4.16. The van der Waals surface area contributed by atoms with Gasteiger partial charge in [0.2, 0.25) is 0 Å². The Kier molecular flexibility index (Phi) is 5.06. The Bertz CT molecular complexity index is 896. The van der Waals surface area contributed by atoms with E-state index in [-0.39, 0.29) is 11.5 Å². The van der Waals surface area contributed by atoms with Crippen molar-refractivity contribution in [3.05, 3.63) is 50.1 Å². The number of methoxy groups -OCH3 is 1. The first-order valence-electron chi connectivity index (χ1n) is 9.40. The van der Waals surface area contributed by atoms with E-state index in [0.29, 0.717) is 17.4 Å². The maximum atomic E-state index is 13.0. The van der Waals surface area contributed by atoms with Crippen LogP contribution in [0, 0.1) is 0 Å². The highest BCUT2D eigenvalue weighted by atomic mass is 32.1. The molecule has 2 aliphatic heterocycles. The first kappa shape index (κ1) is 18.3. The lowest BCUT2D eigenvalue weighted by Gasteiger charge is -2.40. The number of hydrogen-bond acceptors (Lipinski definition) is 5. The molecule has 0 aromatic carbocycles. The number of thiophene rings is 1. The van der Waals surface area contributed by atoms with Crippen LogP contribution < -0.4 is 10.3 Å². The second-order valence-corrected chi connectivity index (χ2v) is 8.32. The van der Waals surface area contributed by atoms with Crippen molar-refractivity contribution in [2.75, 3.05) is 26.7 Å². The molecule has 0 bridgehead atoms. The minimum atomic E-state index is -0.181. The van der Waals surface area contributed by atoms with Gasteiger partial charge in [-0.1, -0.05) is 0 Å². The van der Waals surface area contributed by atoms with Crippen molar-refractivity contribution >= 4 is 17.2 Å². The maximum Gasteiger partial charge on any atom is 0.259 e. The van der Waals surface area contributed by atoms with Crippen molar-refractivity contribution in [1.82, 2.24) is 14.4 Å². The Balaban J connectivity index is 1.42.